The Kier molecular flexibility index (Phi) is 16.9. The number of benzene rings is 2. The van der Waals surface area contributed by atoms with Gasteiger partial charge in [-0.15, -0.1) is 0 Å². The summed E-state index contributed by atoms with van der Waals surface area (Å²) in [6, 6.07) is 9.43. The van der Waals surface area contributed by atoms with Gasteiger partial charge in [0.2, 0.25) is 11.7 Å². The standard InChI is InChI=1S/C35H52N6O7/c1-8-29(31(42)34(45)37-22-25-18-27(47-6)20-28(19-25)48-7)39-33(44)30(17-23(4)5)40-35(46)38-21-24-11-13-26(14-12-24)32(43)36-15-16-41(9-2)10-3/h11-14,18-20,23,29-30H,8-10,15-17,21-22H2,1-7H3,(H,36,43)(H,37,45)(H,39,44)(H2,38,40,46)/t29?,30-/m0/s1. The second-order valence-electron chi connectivity index (χ2n) is 11.7. The van der Waals surface area contributed by atoms with Gasteiger partial charge in [-0.2, -0.15) is 0 Å². The van der Waals surface area contributed by atoms with Gasteiger partial charge in [0.05, 0.1) is 20.3 Å². The fraction of sp³-hybridized carbons (Fsp3) is 0.514. The maximum absolute atomic E-state index is 13.2. The van der Waals surface area contributed by atoms with Crippen molar-refractivity contribution in [1.82, 2.24) is 31.5 Å². The van der Waals surface area contributed by atoms with E-state index in [-0.39, 0.29) is 31.3 Å². The first kappa shape index (κ1) is 39.5. The molecule has 0 radical (unpaired) electrons. The van der Waals surface area contributed by atoms with Crippen LogP contribution in [0.4, 0.5) is 4.79 Å². The third kappa shape index (κ3) is 13.2. The monoisotopic (exact) mass is 668 g/mol. The number of amides is 5. The molecule has 48 heavy (non-hydrogen) atoms. The van der Waals surface area contributed by atoms with Crippen molar-refractivity contribution in [2.45, 2.75) is 72.6 Å². The molecule has 0 aliphatic rings. The van der Waals surface area contributed by atoms with E-state index in [4.69, 9.17) is 9.47 Å². The van der Waals surface area contributed by atoms with E-state index >= 15 is 0 Å². The highest BCUT2D eigenvalue weighted by Gasteiger charge is 2.29. The van der Waals surface area contributed by atoms with Crippen LogP contribution in [-0.4, -0.2) is 86.9 Å². The zero-order valence-corrected chi connectivity index (χ0v) is 29.2. The maximum Gasteiger partial charge on any atom is 0.315 e. The van der Waals surface area contributed by atoms with Crippen molar-refractivity contribution in [3.05, 3.63) is 59.2 Å². The number of hydrogen-bond donors (Lipinski definition) is 5. The average Bonchev–Trinajstić information content (AvgIpc) is 3.09. The summed E-state index contributed by atoms with van der Waals surface area (Å²) in [5, 5.41) is 13.6. The molecule has 2 aromatic rings. The molecule has 0 saturated heterocycles. The second-order valence-corrected chi connectivity index (χ2v) is 11.7. The number of hydrogen-bond acceptors (Lipinski definition) is 8. The zero-order valence-electron chi connectivity index (χ0n) is 29.2. The first-order valence-electron chi connectivity index (χ1n) is 16.4. The molecule has 0 spiro atoms. The minimum Gasteiger partial charge on any atom is -0.497 e. The molecule has 0 heterocycles. The lowest BCUT2D eigenvalue weighted by Gasteiger charge is -2.23. The molecular formula is C35H52N6O7. The van der Waals surface area contributed by atoms with Crippen LogP contribution in [0.1, 0.15) is 68.9 Å². The third-order valence-electron chi connectivity index (χ3n) is 7.74. The molecule has 2 aromatic carbocycles. The largest absolute Gasteiger partial charge is 0.497 e. The normalized spacial score (nSPS) is 12.1. The average molecular weight is 669 g/mol. The van der Waals surface area contributed by atoms with Gasteiger partial charge >= 0.3 is 6.03 Å². The Morgan fingerprint density at radius 1 is 0.750 bits per heavy atom. The number of likely N-dealkylation sites (N-methyl/N-ethyl adjacent to an activating group) is 1. The van der Waals surface area contributed by atoms with E-state index in [1.807, 2.05) is 13.8 Å². The highest BCUT2D eigenvalue weighted by atomic mass is 16.5. The van der Waals surface area contributed by atoms with Gasteiger partial charge in [-0.05, 0) is 67.2 Å². The van der Waals surface area contributed by atoms with Gasteiger partial charge in [-0.1, -0.05) is 46.8 Å². The summed E-state index contributed by atoms with van der Waals surface area (Å²) < 4.78 is 10.5. The Morgan fingerprint density at radius 2 is 1.35 bits per heavy atom. The smallest absolute Gasteiger partial charge is 0.315 e. The lowest BCUT2D eigenvalue weighted by atomic mass is 10.0. The molecule has 5 amide bonds. The molecule has 2 atom stereocenters. The Bertz CT molecular complexity index is 1340. The van der Waals surface area contributed by atoms with Crippen LogP contribution in [0.2, 0.25) is 0 Å². The number of carbonyl (C=O) groups excluding carboxylic acids is 5. The van der Waals surface area contributed by atoms with Crippen LogP contribution in [0.25, 0.3) is 0 Å². The predicted octanol–water partition coefficient (Wildman–Crippen LogP) is 2.77. The number of nitrogens with one attached hydrogen (secondary N) is 5. The summed E-state index contributed by atoms with van der Waals surface area (Å²) in [5.74, 6) is -1.26. The van der Waals surface area contributed by atoms with Crippen LogP contribution >= 0.6 is 0 Å². The SMILES string of the molecule is CCC(NC(=O)[C@H](CC(C)C)NC(=O)NCc1ccc(C(=O)NCCN(CC)CC)cc1)C(=O)C(=O)NCc1cc(OC)cc(OC)c1. The highest BCUT2D eigenvalue weighted by Crippen LogP contribution is 2.22. The number of ketones is 1. The van der Waals surface area contributed by atoms with Crippen LogP contribution in [0.3, 0.4) is 0 Å². The summed E-state index contributed by atoms with van der Waals surface area (Å²) >= 11 is 0. The van der Waals surface area contributed by atoms with Gasteiger partial charge in [0, 0.05) is 37.8 Å². The third-order valence-corrected chi connectivity index (χ3v) is 7.74. The highest BCUT2D eigenvalue weighted by molar-refractivity contribution is 6.38. The van der Waals surface area contributed by atoms with Crippen LogP contribution in [0, 0.1) is 5.92 Å². The van der Waals surface area contributed by atoms with E-state index in [2.05, 4.69) is 45.3 Å². The van der Waals surface area contributed by atoms with Gasteiger partial charge in [0.15, 0.2) is 0 Å². The Labute approximate surface area is 283 Å². The molecule has 0 bridgehead atoms. The van der Waals surface area contributed by atoms with Crippen molar-refractivity contribution in [1.29, 1.82) is 0 Å². The maximum atomic E-state index is 13.2. The molecule has 1 unspecified atom stereocenters. The molecule has 0 fully saturated rings. The number of nitrogens with zero attached hydrogens (tertiary/aromatic N) is 1. The molecule has 13 heteroatoms. The quantitative estimate of drug-likeness (QED) is 0.134. The summed E-state index contributed by atoms with van der Waals surface area (Å²) in [6.45, 7) is 13.0. The number of Topliss-reactive ketones (excluding diaryl/α,β-unsaturated/α-hetero) is 1. The number of rotatable bonds is 20. The molecule has 13 nitrogen and oxygen atoms in total. The molecule has 264 valence electrons. The summed E-state index contributed by atoms with van der Waals surface area (Å²) in [7, 11) is 3.02. The number of carbonyl (C=O) groups is 5. The van der Waals surface area contributed by atoms with E-state index < -0.39 is 35.7 Å². The summed E-state index contributed by atoms with van der Waals surface area (Å²) in [5.41, 5.74) is 1.95. The number of methoxy groups -OCH3 is 2. The van der Waals surface area contributed by atoms with Crippen molar-refractivity contribution in [3.63, 3.8) is 0 Å². The fourth-order valence-corrected chi connectivity index (χ4v) is 4.86. The van der Waals surface area contributed by atoms with Gasteiger partial charge in [-0.25, -0.2) is 4.79 Å². The lowest BCUT2D eigenvalue weighted by molar-refractivity contribution is -0.140. The molecule has 5 N–H and O–H groups in total. The second kappa shape index (κ2) is 20.6. The van der Waals surface area contributed by atoms with Crippen LogP contribution < -0.4 is 36.1 Å². The van der Waals surface area contributed by atoms with Crippen molar-refractivity contribution in [3.8, 4) is 11.5 Å². The number of urea groups is 1. The minimum atomic E-state index is -1.08. The Morgan fingerprint density at radius 3 is 1.90 bits per heavy atom. The van der Waals surface area contributed by atoms with Gasteiger partial charge in [0.1, 0.15) is 17.5 Å². The summed E-state index contributed by atoms with van der Waals surface area (Å²) in [4.78, 5) is 66.4. The van der Waals surface area contributed by atoms with E-state index in [1.165, 1.54) is 14.2 Å². The molecule has 0 saturated carbocycles. The minimum absolute atomic E-state index is 0.0469. The fourth-order valence-electron chi connectivity index (χ4n) is 4.86. The summed E-state index contributed by atoms with van der Waals surface area (Å²) in [6.07, 6.45) is 0.487. The van der Waals surface area contributed by atoms with Crippen molar-refractivity contribution in [2.24, 2.45) is 5.92 Å². The van der Waals surface area contributed by atoms with E-state index in [1.54, 1.807) is 49.4 Å². The lowest BCUT2D eigenvalue weighted by Crippen LogP contribution is -2.55. The van der Waals surface area contributed by atoms with E-state index in [0.717, 1.165) is 25.2 Å². The van der Waals surface area contributed by atoms with Crippen molar-refractivity contribution >= 4 is 29.5 Å². The zero-order chi connectivity index (χ0) is 35.6. The van der Waals surface area contributed by atoms with Crippen molar-refractivity contribution < 1.29 is 33.4 Å². The first-order valence-corrected chi connectivity index (χ1v) is 16.4. The van der Waals surface area contributed by atoms with Crippen LogP contribution in [-0.2, 0) is 27.5 Å². The predicted molar refractivity (Wildman–Crippen MR) is 184 cm³/mol. The van der Waals surface area contributed by atoms with Crippen LogP contribution in [0.15, 0.2) is 42.5 Å². The van der Waals surface area contributed by atoms with E-state index in [0.29, 0.717) is 35.6 Å². The van der Waals surface area contributed by atoms with E-state index in [9.17, 15) is 24.0 Å². The molecule has 0 aliphatic carbocycles. The molecule has 0 aliphatic heterocycles. The number of ether oxygens (including phenoxy) is 2. The Balaban J connectivity index is 1.92. The topological polar surface area (TPSA) is 167 Å². The van der Waals surface area contributed by atoms with Crippen molar-refractivity contribution in [2.75, 3.05) is 40.4 Å². The molecule has 0 aromatic heterocycles. The Hall–Kier alpha value is -4.65. The van der Waals surface area contributed by atoms with Gasteiger partial charge < -0.3 is 41.0 Å². The van der Waals surface area contributed by atoms with Gasteiger partial charge in [0.25, 0.3) is 11.8 Å². The van der Waals surface area contributed by atoms with Gasteiger partial charge in [-0.3, -0.25) is 19.2 Å². The molecule has 2 rings (SSSR count). The van der Waals surface area contributed by atoms with Crippen LogP contribution in [0.5, 0.6) is 11.5 Å². The molecular weight excluding hydrogens is 616 g/mol. The first-order chi connectivity index (χ1) is 22.9.